The van der Waals surface area contributed by atoms with E-state index < -0.39 is 12.7 Å². The number of nitrogens with zero attached hydrogens (tertiary/aromatic N) is 1. The number of rotatable bonds is 1. The summed E-state index contributed by atoms with van der Waals surface area (Å²) < 4.78 is 33.8. The smallest absolute Gasteiger partial charge is 0.301 e. The quantitative estimate of drug-likeness (QED) is 0.567. The molecule has 0 aromatic carbocycles. The second-order valence-electron chi connectivity index (χ2n) is 1.85. The van der Waals surface area contributed by atoms with Crippen LogP contribution in [-0.2, 0) is 0 Å². The Labute approximate surface area is 58.2 Å². The third-order valence-corrected chi connectivity index (χ3v) is 0.496. The molecule has 0 saturated carbocycles. The van der Waals surface area contributed by atoms with Gasteiger partial charge < -0.3 is 4.90 Å². The summed E-state index contributed by atoms with van der Waals surface area (Å²) in [5.74, 6) is 0. The van der Waals surface area contributed by atoms with E-state index in [0.717, 1.165) is 4.90 Å². The Morgan fingerprint density at radius 2 is 1.56 bits per heavy atom. The Balaban J connectivity index is 0. The highest BCUT2D eigenvalue weighted by molar-refractivity contribution is 5.85. The third kappa shape index (κ3) is 11.5. The largest absolute Gasteiger partial charge is 0.401 e. The highest BCUT2D eigenvalue weighted by atomic mass is 35.5. The molecular formula is C4H9ClF3N. The van der Waals surface area contributed by atoms with Crippen molar-refractivity contribution >= 4 is 12.4 Å². The van der Waals surface area contributed by atoms with Gasteiger partial charge in [0, 0.05) is 0 Å². The van der Waals surface area contributed by atoms with Crippen LogP contribution < -0.4 is 0 Å². The molecule has 0 saturated heterocycles. The molecule has 5 heteroatoms. The standard InChI is InChI=1S/C4H8F3N.ClH/c1-8(2)3-4(5,6)7;/h3H2,1-2H3;1H. The van der Waals surface area contributed by atoms with Crippen LogP contribution in [0.1, 0.15) is 0 Å². The summed E-state index contributed by atoms with van der Waals surface area (Å²) in [5, 5.41) is 0. The molecule has 0 fully saturated rings. The number of hydrogen-bond donors (Lipinski definition) is 0. The SMILES string of the molecule is CN(C)CC(F)(F)F.Cl. The fraction of sp³-hybridized carbons (Fsp3) is 1.00. The lowest BCUT2D eigenvalue weighted by Gasteiger charge is -2.11. The molecule has 0 unspecified atom stereocenters. The number of alkyl halides is 3. The van der Waals surface area contributed by atoms with Gasteiger partial charge in [0.15, 0.2) is 0 Å². The molecule has 0 aliphatic heterocycles. The minimum absolute atomic E-state index is 0. The zero-order valence-corrected chi connectivity index (χ0v) is 6.01. The van der Waals surface area contributed by atoms with Crippen molar-refractivity contribution in [1.82, 2.24) is 4.90 Å². The van der Waals surface area contributed by atoms with Gasteiger partial charge in [0.05, 0.1) is 6.54 Å². The Morgan fingerprint density at radius 1 is 1.22 bits per heavy atom. The summed E-state index contributed by atoms with van der Waals surface area (Å²) in [4.78, 5) is 1.08. The van der Waals surface area contributed by atoms with Gasteiger partial charge in [-0.15, -0.1) is 12.4 Å². The molecule has 0 aliphatic rings. The van der Waals surface area contributed by atoms with Crippen molar-refractivity contribution in [1.29, 1.82) is 0 Å². The van der Waals surface area contributed by atoms with Gasteiger partial charge in [-0.05, 0) is 14.1 Å². The Kier molecular flexibility index (Phi) is 5.18. The molecule has 0 spiro atoms. The summed E-state index contributed by atoms with van der Waals surface area (Å²) >= 11 is 0. The zero-order chi connectivity index (χ0) is 6.78. The van der Waals surface area contributed by atoms with Crippen LogP contribution in [0.15, 0.2) is 0 Å². The van der Waals surface area contributed by atoms with Crippen LogP contribution in [0.2, 0.25) is 0 Å². The average Bonchev–Trinajstić information content (AvgIpc) is 1.21. The van der Waals surface area contributed by atoms with Crippen molar-refractivity contribution < 1.29 is 13.2 Å². The van der Waals surface area contributed by atoms with Crippen LogP contribution in [0.25, 0.3) is 0 Å². The van der Waals surface area contributed by atoms with E-state index in [1.807, 2.05) is 0 Å². The van der Waals surface area contributed by atoms with E-state index >= 15 is 0 Å². The second kappa shape index (κ2) is 3.95. The predicted octanol–water partition coefficient (Wildman–Crippen LogP) is 1.53. The van der Waals surface area contributed by atoms with Crippen molar-refractivity contribution in [3.05, 3.63) is 0 Å². The van der Waals surface area contributed by atoms with Crippen molar-refractivity contribution in [2.24, 2.45) is 0 Å². The average molecular weight is 164 g/mol. The molecule has 0 bridgehead atoms. The zero-order valence-electron chi connectivity index (χ0n) is 5.20. The monoisotopic (exact) mass is 163 g/mol. The molecule has 0 aromatic heterocycles. The molecular weight excluding hydrogens is 154 g/mol. The second-order valence-corrected chi connectivity index (χ2v) is 1.85. The highest BCUT2D eigenvalue weighted by Gasteiger charge is 2.27. The van der Waals surface area contributed by atoms with Crippen LogP contribution in [0.4, 0.5) is 13.2 Å². The predicted molar refractivity (Wildman–Crippen MR) is 31.9 cm³/mol. The summed E-state index contributed by atoms with van der Waals surface area (Å²) in [6, 6.07) is 0. The van der Waals surface area contributed by atoms with E-state index in [9.17, 15) is 13.2 Å². The summed E-state index contributed by atoms with van der Waals surface area (Å²) in [5.41, 5.74) is 0. The van der Waals surface area contributed by atoms with E-state index in [1.54, 1.807) is 0 Å². The van der Waals surface area contributed by atoms with Gasteiger partial charge in [-0.1, -0.05) is 0 Å². The van der Waals surface area contributed by atoms with Crippen LogP contribution in [-0.4, -0.2) is 31.7 Å². The van der Waals surface area contributed by atoms with Crippen LogP contribution in [0, 0.1) is 0 Å². The number of hydrogen-bond acceptors (Lipinski definition) is 1. The number of halogens is 4. The lowest BCUT2D eigenvalue weighted by Crippen LogP contribution is -2.27. The van der Waals surface area contributed by atoms with E-state index in [-0.39, 0.29) is 12.4 Å². The lowest BCUT2D eigenvalue weighted by atomic mass is 10.6. The van der Waals surface area contributed by atoms with Crippen molar-refractivity contribution in [3.8, 4) is 0 Å². The maximum absolute atomic E-state index is 11.3. The first-order valence-corrected chi connectivity index (χ1v) is 2.13. The Morgan fingerprint density at radius 3 is 1.56 bits per heavy atom. The Bertz CT molecular complexity index is 70.7. The molecule has 0 heterocycles. The normalized spacial score (nSPS) is 11.3. The molecule has 0 aliphatic carbocycles. The first-order valence-electron chi connectivity index (χ1n) is 2.13. The molecule has 58 valence electrons. The first kappa shape index (κ1) is 11.8. The molecule has 0 radical (unpaired) electrons. The van der Waals surface area contributed by atoms with Crippen molar-refractivity contribution in [2.75, 3.05) is 20.6 Å². The topological polar surface area (TPSA) is 3.24 Å². The van der Waals surface area contributed by atoms with Gasteiger partial charge >= 0.3 is 6.18 Å². The van der Waals surface area contributed by atoms with Crippen LogP contribution in [0.5, 0.6) is 0 Å². The maximum Gasteiger partial charge on any atom is 0.401 e. The summed E-state index contributed by atoms with van der Waals surface area (Å²) in [6.07, 6.45) is -4.05. The van der Waals surface area contributed by atoms with E-state index in [2.05, 4.69) is 0 Å². The molecule has 9 heavy (non-hydrogen) atoms. The fourth-order valence-corrected chi connectivity index (χ4v) is 0.359. The lowest BCUT2D eigenvalue weighted by molar-refractivity contribution is -0.140. The van der Waals surface area contributed by atoms with E-state index in [1.165, 1.54) is 14.1 Å². The Hall–Kier alpha value is 0.0400. The molecule has 0 amide bonds. The fourth-order valence-electron chi connectivity index (χ4n) is 0.359. The first-order chi connectivity index (χ1) is 3.42. The van der Waals surface area contributed by atoms with Gasteiger partial charge in [-0.2, -0.15) is 13.2 Å². The van der Waals surface area contributed by atoms with Gasteiger partial charge in [-0.25, -0.2) is 0 Å². The summed E-state index contributed by atoms with van der Waals surface area (Å²) in [7, 11) is 2.76. The van der Waals surface area contributed by atoms with Crippen LogP contribution >= 0.6 is 12.4 Å². The minimum atomic E-state index is -4.05. The van der Waals surface area contributed by atoms with Crippen molar-refractivity contribution in [2.45, 2.75) is 6.18 Å². The van der Waals surface area contributed by atoms with Crippen molar-refractivity contribution in [3.63, 3.8) is 0 Å². The molecule has 0 rings (SSSR count). The van der Waals surface area contributed by atoms with Crippen LogP contribution in [0.3, 0.4) is 0 Å². The van der Waals surface area contributed by atoms with Gasteiger partial charge in [0.1, 0.15) is 0 Å². The maximum atomic E-state index is 11.3. The molecule has 1 nitrogen and oxygen atoms in total. The third-order valence-electron chi connectivity index (χ3n) is 0.496. The van der Waals surface area contributed by atoms with Gasteiger partial charge in [0.2, 0.25) is 0 Å². The highest BCUT2D eigenvalue weighted by Crippen LogP contribution is 2.14. The molecule has 0 atom stereocenters. The minimum Gasteiger partial charge on any atom is -0.301 e. The summed E-state index contributed by atoms with van der Waals surface area (Å²) in [6.45, 7) is -0.840. The molecule has 0 N–H and O–H groups in total. The van der Waals surface area contributed by atoms with Gasteiger partial charge in [-0.3, -0.25) is 0 Å². The van der Waals surface area contributed by atoms with E-state index in [0.29, 0.717) is 0 Å². The molecule has 0 aromatic rings. The van der Waals surface area contributed by atoms with Gasteiger partial charge in [0.25, 0.3) is 0 Å². The van der Waals surface area contributed by atoms with E-state index in [4.69, 9.17) is 0 Å².